The van der Waals surface area contributed by atoms with Gasteiger partial charge in [-0.15, -0.1) is 11.3 Å². The van der Waals surface area contributed by atoms with Crippen molar-refractivity contribution in [2.24, 2.45) is 0 Å². The number of hydrogen-bond donors (Lipinski definition) is 1. The summed E-state index contributed by atoms with van der Waals surface area (Å²) in [4.78, 5) is 13.0. The second kappa shape index (κ2) is 2.79. The van der Waals surface area contributed by atoms with E-state index in [4.69, 9.17) is 0 Å². The molecular weight excluding hydrogens is 172 g/mol. The predicted octanol–water partition coefficient (Wildman–Crippen LogP) is 1.59. The molecule has 4 heteroatoms. The van der Waals surface area contributed by atoms with Crippen molar-refractivity contribution < 1.29 is 4.79 Å². The molecule has 0 bridgehead atoms. The number of aryl methyl sites for hydroxylation is 1. The zero-order valence-corrected chi connectivity index (χ0v) is 7.65. The highest BCUT2D eigenvalue weighted by atomic mass is 32.1. The fraction of sp³-hybridized carbons (Fsp3) is 0.375. The molecule has 64 valence electrons. The first kappa shape index (κ1) is 7.61. The summed E-state index contributed by atoms with van der Waals surface area (Å²) in [6, 6.07) is 2.06. The fourth-order valence-electron chi connectivity index (χ4n) is 1.24. The molecule has 0 radical (unpaired) electrons. The van der Waals surface area contributed by atoms with Gasteiger partial charge in [0.25, 0.3) is 0 Å². The highest BCUT2D eigenvalue weighted by Crippen LogP contribution is 2.25. The van der Waals surface area contributed by atoms with Crippen molar-refractivity contribution in [2.45, 2.75) is 6.92 Å². The van der Waals surface area contributed by atoms with Crippen LogP contribution in [0.5, 0.6) is 0 Å². The predicted molar refractivity (Wildman–Crippen MR) is 49.8 cm³/mol. The summed E-state index contributed by atoms with van der Waals surface area (Å²) in [6.07, 6.45) is 0. The third-order valence-corrected chi connectivity index (χ3v) is 2.91. The zero-order chi connectivity index (χ0) is 8.55. The Morgan fingerprint density at radius 2 is 2.50 bits per heavy atom. The highest BCUT2D eigenvalue weighted by Gasteiger charge is 2.21. The molecule has 1 fully saturated rings. The molecule has 0 saturated carbocycles. The Morgan fingerprint density at radius 3 is 3.00 bits per heavy atom. The molecule has 2 amide bonds. The quantitative estimate of drug-likeness (QED) is 0.702. The molecule has 0 aliphatic carbocycles. The van der Waals surface area contributed by atoms with E-state index in [1.54, 1.807) is 16.2 Å². The first-order valence-corrected chi connectivity index (χ1v) is 4.76. The lowest BCUT2D eigenvalue weighted by Crippen LogP contribution is -2.26. The Hall–Kier alpha value is -1.03. The average molecular weight is 182 g/mol. The number of nitrogens with zero attached hydrogens (tertiary/aromatic N) is 1. The van der Waals surface area contributed by atoms with E-state index in [0.29, 0.717) is 0 Å². The van der Waals surface area contributed by atoms with Crippen LogP contribution in [0.1, 0.15) is 5.56 Å². The van der Waals surface area contributed by atoms with Crippen LogP contribution in [0.15, 0.2) is 11.4 Å². The minimum absolute atomic E-state index is 0.0249. The van der Waals surface area contributed by atoms with Crippen LogP contribution < -0.4 is 10.2 Å². The van der Waals surface area contributed by atoms with Gasteiger partial charge in [-0.05, 0) is 23.9 Å². The van der Waals surface area contributed by atoms with Crippen molar-refractivity contribution >= 4 is 22.4 Å². The van der Waals surface area contributed by atoms with Crippen molar-refractivity contribution in [3.63, 3.8) is 0 Å². The van der Waals surface area contributed by atoms with Gasteiger partial charge in [0.1, 0.15) is 0 Å². The summed E-state index contributed by atoms with van der Waals surface area (Å²) in [5, 5.41) is 5.87. The number of anilines is 1. The van der Waals surface area contributed by atoms with Gasteiger partial charge < -0.3 is 5.32 Å². The Morgan fingerprint density at radius 1 is 1.67 bits per heavy atom. The summed E-state index contributed by atoms with van der Waals surface area (Å²) in [5.41, 5.74) is 1.22. The van der Waals surface area contributed by atoms with E-state index < -0.39 is 0 Å². The first-order chi connectivity index (χ1) is 5.77. The Bertz CT molecular complexity index is 308. The molecule has 2 heterocycles. The van der Waals surface area contributed by atoms with E-state index in [9.17, 15) is 4.79 Å². The number of rotatable bonds is 1. The largest absolute Gasteiger partial charge is 0.336 e. The number of hydrogen-bond acceptors (Lipinski definition) is 2. The minimum Gasteiger partial charge on any atom is -0.336 e. The maximum absolute atomic E-state index is 11.2. The molecule has 1 aliphatic rings. The van der Waals surface area contributed by atoms with E-state index in [1.165, 1.54) is 5.56 Å². The smallest absolute Gasteiger partial charge is 0.322 e. The van der Waals surface area contributed by atoms with E-state index in [2.05, 4.69) is 10.7 Å². The Labute approximate surface area is 75.0 Å². The van der Waals surface area contributed by atoms with Gasteiger partial charge in [-0.25, -0.2) is 4.79 Å². The molecule has 0 atom stereocenters. The molecule has 3 nitrogen and oxygen atoms in total. The average Bonchev–Trinajstić information content (AvgIpc) is 2.58. The van der Waals surface area contributed by atoms with Crippen LogP contribution in [0.25, 0.3) is 0 Å². The molecule has 1 aromatic heterocycles. The lowest BCUT2D eigenvalue weighted by Gasteiger charge is -2.09. The van der Waals surface area contributed by atoms with E-state index in [0.717, 1.165) is 18.1 Å². The summed E-state index contributed by atoms with van der Waals surface area (Å²) in [6.45, 7) is 3.59. The van der Waals surface area contributed by atoms with Gasteiger partial charge in [0.15, 0.2) is 0 Å². The number of amides is 2. The Kier molecular flexibility index (Phi) is 1.77. The number of carbonyl (C=O) groups excluding carboxylic acids is 1. The van der Waals surface area contributed by atoms with Crippen LogP contribution in [0.4, 0.5) is 9.80 Å². The molecule has 2 rings (SSSR count). The maximum Gasteiger partial charge on any atom is 0.322 e. The van der Waals surface area contributed by atoms with Crippen LogP contribution in [0.3, 0.4) is 0 Å². The molecular formula is C8H10N2OS. The van der Waals surface area contributed by atoms with Gasteiger partial charge in [-0.1, -0.05) is 0 Å². The topological polar surface area (TPSA) is 32.3 Å². The van der Waals surface area contributed by atoms with E-state index in [-0.39, 0.29) is 6.03 Å². The number of nitrogens with one attached hydrogen (secondary N) is 1. The SMILES string of the molecule is Cc1csc(N2CCNC2=O)c1. The van der Waals surface area contributed by atoms with Crippen LogP contribution >= 0.6 is 11.3 Å². The van der Waals surface area contributed by atoms with Crippen molar-refractivity contribution in [1.29, 1.82) is 0 Å². The van der Waals surface area contributed by atoms with Gasteiger partial charge >= 0.3 is 6.03 Å². The van der Waals surface area contributed by atoms with Crippen molar-refractivity contribution in [1.82, 2.24) is 5.32 Å². The molecule has 1 aromatic rings. The molecule has 0 unspecified atom stereocenters. The van der Waals surface area contributed by atoms with Crippen molar-refractivity contribution in [3.8, 4) is 0 Å². The number of carbonyl (C=O) groups is 1. The Balaban J connectivity index is 2.24. The molecule has 0 aromatic carbocycles. The van der Waals surface area contributed by atoms with Crippen LogP contribution in [-0.2, 0) is 0 Å². The second-order valence-corrected chi connectivity index (χ2v) is 3.74. The van der Waals surface area contributed by atoms with Crippen LogP contribution in [0.2, 0.25) is 0 Å². The maximum atomic E-state index is 11.2. The minimum atomic E-state index is 0.0249. The van der Waals surface area contributed by atoms with Crippen LogP contribution in [-0.4, -0.2) is 19.1 Å². The molecule has 0 spiro atoms. The first-order valence-electron chi connectivity index (χ1n) is 3.88. The lowest BCUT2D eigenvalue weighted by atomic mass is 10.4. The van der Waals surface area contributed by atoms with Crippen molar-refractivity contribution in [3.05, 3.63) is 17.0 Å². The molecule has 12 heavy (non-hydrogen) atoms. The third kappa shape index (κ3) is 1.18. The van der Waals surface area contributed by atoms with Gasteiger partial charge in [0.05, 0.1) is 5.00 Å². The normalized spacial score (nSPS) is 16.8. The van der Waals surface area contributed by atoms with Gasteiger partial charge in [0, 0.05) is 13.1 Å². The fourth-order valence-corrected chi connectivity index (χ4v) is 2.17. The van der Waals surface area contributed by atoms with Crippen molar-refractivity contribution in [2.75, 3.05) is 18.0 Å². The van der Waals surface area contributed by atoms with Crippen LogP contribution in [0, 0.1) is 6.92 Å². The van der Waals surface area contributed by atoms with E-state index in [1.807, 2.05) is 13.0 Å². The number of thiophene rings is 1. The molecule has 1 N–H and O–H groups in total. The zero-order valence-electron chi connectivity index (χ0n) is 6.83. The summed E-state index contributed by atoms with van der Waals surface area (Å²) < 4.78 is 0. The summed E-state index contributed by atoms with van der Waals surface area (Å²) in [7, 11) is 0. The highest BCUT2D eigenvalue weighted by molar-refractivity contribution is 7.14. The lowest BCUT2D eigenvalue weighted by molar-refractivity contribution is 0.252. The second-order valence-electron chi connectivity index (χ2n) is 2.85. The molecule has 1 saturated heterocycles. The molecule has 1 aliphatic heterocycles. The number of urea groups is 1. The van der Waals surface area contributed by atoms with Gasteiger partial charge in [-0.2, -0.15) is 0 Å². The monoisotopic (exact) mass is 182 g/mol. The summed E-state index contributed by atoms with van der Waals surface area (Å²) in [5.74, 6) is 0. The third-order valence-electron chi connectivity index (χ3n) is 1.84. The van der Waals surface area contributed by atoms with Gasteiger partial charge in [0.2, 0.25) is 0 Å². The standard InChI is InChI=1S/C8H10N2OS/c1-6-4-7(12-5-6)10-3-2-9-8(10)11/h4-5H,2-3H2,1H3,(H,9,11). The summed E-state index contributed by atoms with van der Waals surface area (Å²) >= 11 is 1.62. The van der Waals surface area contributed by atoms with Gasteiger partial charge in [-0.3, -0.25) is 4.90 Å². The van der Waals surface area contributed by atoms with E-state index >= 15 is 0 Å².